The summed E-state index contributed by atoms with van der Waals surface area (Å²) in [7, 11) is 4.47. The van der Waals surface area contributed by atoms with Gasteiger partial charge >= 0.3 is 0 Å². The van der Waals surface area contributed by atoms with Crippen molar-refractivity contribution in [3.8, 4) is 0 Å². The number of hydrogen-bond donors (Lipinski definition) is 1. The number of rotatable bonds is 7. The third-order valence-corrected chi connectivity index (χ3v) is 4.50. The normalized spacial score (nSPS) is 22.6. The highest BCUT2D eigenvalue weighted by Crippen LogP contribution is 2.14. The van der Waals surface area contributed by atoms with E-state index in [1.807, 2.05) is 6.20 Å². The molecule has 0 saturated carbocycles. The van der Waals surface area contributed by atoms with Crippen molar-refractivity contribution >= 4 is 0 Å². The SMILES string of the molecule is CCCn1ccnc1CC(NCC)C1CN(C)CCN1C. The molecule has 0 bridgehead atoms. The predicted octanol–water partition coefficient (Wildman–Crippen LogP) is 1.06. The van der Waals surface area contributed by atoms with Gasteiger partial charge in [-0.3, -0.25) is 4.90 Å². The fraction of sp³-hybridized carbons (Fsp3) is 0.812. The van der Waals surface area contributed by atoms with Crippen LogP contribution in [0.5, 0.6) is 0 Å². The fourth-order valence-corrected chi connectivity index (χ4v) is 3.26. The minimum Gasteiger partial charge on any atom is -0.335 e. The van der Waals surface area contributed by atoms with Crippen LogP contribution in [0.2, 0.25) is 0 Å². The Morgan fingerprint density at radius 2 is 2.14 bits per heavy atom. The fourth-order valence-electron chi connectivity index (χ4n) is 3.26. The Bertz CT molecular complexity index is 417. The maximum Gasteiger partial charge on any atom is 0.110 e. The van der Waals surface area contributed by atoms with Crippen molar-refractivity contribution in [3.63, 3.8) is 0 Å². The first-order valence-electron chi connectivity index (χ1n) is 8.27. The summed E-state index contributed by atoms with van der Waals surface area (Å²) in [5.41, 5.74) is 0. The number of nitrogens with one attached hydrogen (secondary N) is 1. The van der Waals surface area contributed by atoms with E-state index in [4.69, 9.17) is 0 Å². The minimum atomic E-state index is 0.459. The average Bonchev–Trinajstić information content (AvgIpc) is 2.89. The Morgan fingerprint density at radius 1 is 1.33 bits per heavy atom. The van der Waals surface area contributed by atoms with Gasteiger partial charge in [-0.15, -0.1) is 0 Å². The van der Waals surface area contributed by atoms with Crippen LogP contribution in [-0.2, 0) is 13.0 Å². The molecule has 21 heavy (non-hydrogen) atoms. The van der Waals surface area contributed by atoms with Gasteiger partial charge in [0.25, 0.3) is 0 Å². The first kappa shape index (κ1) is 16.5. The summed E-state index contributed by atoms with van der Waals surface area (Å²) in [5, 5.41) is 3.69. The molecule has 1 aliphatic rings. The quantitative estimate of drug-likeness (QED) is 0.815. The van der Waals surface area contributed by atoms with Gasteiger partial charge in [-0.2, -0.15) is 0 Å². The number of piperazine rings is 1. The van der Waals surface area contributed by atoms with Crippen LogP contribution >= 0.6 is 0 Å². The Morgan fingerprint density at radius 3 is 2.86 bits per heavy atom. The second-order valence-corrected chi connectivity index (χ2v) is 6.22. The van der Waals surface area contributed by atoms with E-state index in [1.165, 1.54) is 5.82 Å². The summed E-state index contributed by atoms with van der Waals surface area (Å²) >= 11 is 0. The summed E-state index contributed by atoms with van der Waals surface area (Å²) < 4.78 is 2.30. The molecule has 1 aromatic rings. The zero-order valence-electron chi connectivity index (χ0n) is 14.0. The van der Waals surface area contributed by atoms with Crippen molar-refractivity contribution in [2.75, 3.05) is 40.3 Å². The van der Waals surface area contributed by atoms with Gasteiger partial charge in [0.2, 0.25) is 0 Å². The average molecular weight is 293 g/mol. The molecule has 1 aliphatic heterocycles. The third kappa shape index (κ3) is 4.28. The lowest BCUT2D eigenvalue weighted by Crippen LogP contribution is -2.59. The van der Waals surface area contributed by atoms with Gasteiger partial charge in [-0.1, -0.05) is 13.8 Å². The standard InChI is InChI=1S/C16H31N5/c1-5-8-21-9-7-18-16(21)12-14(17-6-2)15-13-19(3)10-11-20(15)4/h7,9,14-15,17H,5-6,8,10-13H2,1-4H3. The third-order valence-electron chi connectivity index (χ3n) is 4.50. The summed E-state index contributed by atoms with van der Waals surface area (Å²) in [6.07, 6.45) is 6.20. The first-order valence-corrected chi connectivity index (χ1v) is 8.27. The number of nitrogens with zero attached hydrogens (tertiary/aromatic N) is 4. The monoisotopic (exact) mass is 293 g/mol. The van der Waals surface area contributed by atoms with Crippen molar-refractivity contribution in [1.29, 1.82) is 0 Å². The Labute approximate surface area is 129 Å². The van der Waals surface area contributed by atoms with E-state index >= 15 is 0 Å². The molecular formula is C16H31N5. The second kappa shape index (κ2) is 7.92. The molecule has 120 valence electrons. The minimum absolute atomic E-state index is 0.459. The topological polar surface area (TPSA) is 36.3 Å². The van der Waals surface area contributed by atoms with Crippen LogP contribution in [-0.4, -0.2) is 71.7 Å². The Hall–Kier alpha value is -0.910. The molecule has 0 spiro atoms. The maximum absolute atomic E-state index is 4.59. The molecule has 2 atom stereocenters. The van der Waals surface area contributed by atoms with E-state index in [-0.39, 0.29) is 0 Å². The molecule has 1 fully saturated rings. The molecule has 2 rings (SSSR count). The van der Waals surface area contributed by atoms with Crippen LogP contribution in [0.15, 0.2) is 12.4 Å². The van der Waals surface area contributed by atoms with E-state index in [0.29, 0.717) is 12.1 Å². The number of hydrogen-bond acceptors (Lipinski definition) is 4. The van der Waals surface area contributed by atoms with Crippen LogP contribution in [0, 0.1) is 0 Å². The van der Waals surface area contributed by atoms with Crippen molar-refractivity contribution < 1.29 is 0 Å². The first-order chi connectivity index (χ1) is 10.2. The van der Waals surface area contributed by atoms with Crippen LogP contribution in [0.25, 0.3) is 0 Å². The van der Waals surface area contributed by atoms with E-state index in [9.17, 15) is 0 Å². The van der Waals surface area contributed by atoms with Crippen molar-refractivity contribution in [1.82, 2.24) is 24.7 Å². The zero-order valence-corrected chi connectivity index (χ0v) is 14.0. The van der Waals surface area contributed by atoms with Crippen molar-refractivity contribution in [2.24, 2.45) is 0 Å². The molecule has 0 aliphatic carbocycles. The Balaban J connectivity index is 2.08. The van der Waals surface area contributed by atoms with E-state index in [0.717, 1.165) is 45.6 Å². The number of likely N-dealkylation sites (N-methyl/N-ethyl adjacent to an activating group) is 3. The van der Waals surface area contributed by atoms with Crippen molar-refractivity contribution in [2.45, 2.75) is 45.3 Å². The lowest BCUT2D eigenvalue weighted by Gasteiger charge is -2.42. The van der Waals surface area contributed by atoms with Crippen LogP contribution < -0.4 is 5.32 Å². The van der Waals surface area contributed by atoms with Gasteiger partial charge in [0, 0.05) is 57.1 Å². The molecule has 5 heteroatoms. The lowest BCUT2D eigenvalue weighted by molar-refractivity contribution is 0.0873. The van der Waals surface area contributed by atoms with E-state index in [1.54, 1.807) is 0 Å². The van der Waals surface area contributed by atoms with Gasteiger partial charge in [0.05, 0.1) is 0 Å². The summed E-state index contributed by atoms with van der Waals surface area (Å²) in [4.78, 5) is 9.53. The largest absolute Gasteiger partial charge is 0.335 e. The highest BCUT2D eigenvalue weighted by Gasteiger charge is 2.30. The number of aryl methyl sites for hydroxylation is 1. The predicted molar refractivity (Wildman–Crippen MR) is 87.6 cm³/mol. The molecule has 0 radical (unpaired) electrons. The molecule has 1 N–H and O–H groups in total. The number of imidazole rings is 1. The van der Waals surface area contributed by atoms with Crippen LogP contribution in [0.1, 0.15) is 26.1 Å². The van der Waals surface area contributed by atoms with Crippen LogP contribution in [0.3, 0.4) is 0 Å². The van der Waals surface area contributed by atoms with Gasteiger partial charge < -0.3 is 14.8 Å². The molecular weight excluding hydrogens is 262 g/mol. The second-order valence-electron chi connectivity index (χ2n) is 6.22. The molecule has 1 aromatic heterocycles. The molecule has 5 nitrogen and oxygen atoms in total. The molecule has 0 amide bonds. The number of aromatic nitrogens is 2. The van der Waals surface area contributed by atoms with Crippen LogP contribution in [0.4, 0.5) is 0 Å². The Kier molecular flexibility index (Phi) is 6.21. The molecule has 0 aromatic carbocycles. The lowest BCUT2D eigenvalue weighted by atomic mass is 10.00. The summed E-state index contributed by atoms with van der Waals surface area (Å²) in [6, 6.07) is 1.01. The van der Waals surface area contributed by atoms with Gasteiger partial charge in [0.15, 0.2) is 0 Å². The molecule has 1 saturated heterocycles. The van der Waals surface area contributed by atoms with E-state index < -0.39 is 0 Å². The molecule has 2 heterocycles. The summed E-state index contributed by atoms with van der Waals surface area (Å²) in [5.74, 6) is 1.21. The van der Waals surface area contributed by atoms with Gasteiger partial charge in [-0.25, -0.2) is 4.98 Å². The highest BCUT2D eigenvalue weighted by molar-refractivity contribution is 5.00. The van der Waals surface area contributed by atoms with Gasteiger partial charge in [0.1, 0.15) is 5.82 Å². The molecule has 2 unspecified atom stereocenters. The summed E-state index contributed by atoms with van der Waals surface area (Å²) in [6.45, 7) is 9.92. The van der Waals surface area contributed by atoms with Gasteiger partial charge in [-0.05, 0) is 27.1 Å². The smallest absolute Gasteiger partial charge is 0.110 e. The zero-order chi connectivity index (χ0) is 15.2. The van der Waals surface area contributed by atoms with Crippen molar-refractivity contribution in [3.05, 3.63) is 18.2 Å². The van der Waals surface area contributed by atoms with E-state index in [2.05, 4.69) is 58.8 Å². The highest BCUT2D eigenvalue weighted by atomic mass is 15.3. The maximum atomic E-state index is 4.59.